The summed E-state index contributed by atoms with van der Waals surface area (Å²) < 4.78 is 7.49. The molecule has 3 heterocycles. The van der Waals surface area contributed by atoms with Crippen molar-refractivity contribution in [2.75, 3.05) is 7.11 Å². The summed E-state index contributed by atoms with van der Waals surface area (Å²) in [5.41, 5.74) is 4.66. The number of carbonyl (C=O) groups excluding carboxylic acids is 1. The summed E-state index contributed by atoms with van der Waals surface area (Å²) in [6, 6.07) is 5.92. The molecular formula is C23H28N6O2. The monoisotopic (exact) mass is 420 g/mol. The van der Waals surface area contributed by atoms with Crippen molar-refractivity contribution >= 4 is 16.9 Å². The third kappa shape index (κ3) is 3.48. The highest BCUT2D eigenvalue weighted by molar-refractivity contribution is 6.01. The minimum atomic E-state index is -0.00667. The van der Waals surface area contributed by atoms with Gasteiger partial charge in [-0.15, -0.1) is 15.3 Å². The number of hydrogen-bond donors (Lipinski definition) is 1. The van der Waals surface area contributed by atoms with Gasteiger partial charge in [0, 0.05) is 28.6 Å². The second kappa shape index (κ2) is 6.82. The SMILES string of the molecule is COc1cc2c(cc1-c1cc3nnn(C4CC(C)(C)NC(C)(C)C4)c3nn1)CCC2=O. The normalized spacial score (nSPS) is 20.2. The van der Waals surface area contributed by atoms with Gasteiger partial charge in [-0.05, 0) is 70.7 Å². The maximum Gasteiger partial charge on any atom is 0.201 e. The minimum Gasteiger partial charge on any atom is -0.496 e. The molecule has 5 rings (SSSR count). The van der Waals surface area contributed by atoms with Crippen LogP contribution >= 0.6 is 0 Å². The number of aromatic nitrogens is 5. The van der Waals surface area contributed by atoms with Gasteiger partial charge in [0.15, 0.2) is 5.78 Å². The van der Waals surface area contributed by atoms with Crippen LogP contribution in [0.4, 0.5) is 0 Å². The number of rotatable bonds is 3. The average Bonchev–Trinajstić information content (AvgIpc) is 3.27. The summed E-state index contributed by atoms with van der Waals surface area (Å²) >= 11 is 0. The van der Waals surface area contributed by atoms with E-state index in [1.807, 2.05) is 22.9 Å². The van der Waals surface area contributed by atoms with Crippen LogP contribution in [0.3, 0.4) is 0 Å². The molecule has 3 aromatic rings. The van der Waals surface area contributed by atoms with E-state index in [1.165, 1.54) is 0 Å². The van der Waals surface area contributed by atoms with Crippen LogP contribution in [-0.4, -0.2) is 49.2 Å². The van der Waals surface area contributed by atoms with Gasteiger partial charge in [-0.3, -0.25) is 4.79 Å². The Kier molecular flexibility index (Phi) is 4.41. The number of piperidine rings is 1. The zero-order valence-electron chi connectivity index (χ0n) is 18.7. The van der Waals surface area contributed by atoms with Gasteiger partial charge < -0.3 is 10.1 Å². The fourth-order valence-electron chi connectivity index (χ4n) is 5.41. The summed E-state index contributed by atoms with van der Waals surface area (Å²) in [5, 5.41) is 21.6. The van der Waals surface area contributed by atoms with Crippen LogP contribution in [0.25, 0.3) is 22.4 Å². The Balaban J connectivity index is 1.54. The summed E-state index contributed by atoms with van der Waals surface area (Å²) in [4.78, 5) is 12.1. The Morgan fingerprint density at radius 2 is 1.74 bits per heavy atom. The highest BCUT2D eigenvalue weighted by Crippen LogP contribution is 2.38. The zero-order chi connectivity index (χ0) is 22.0. The Morgan fingerprint density at radius 1 is 1.00 bits per heavy atom. The molecule has 1 aliphatic carbocycles. The van der Waals surface area contributed by atoms with E-state index in [-0.39, 0.29) is 22.9 Å². The van der Waals surface area contributed by atoms with Crippen molar-refractivity contribution in [3.05, 3.63) is 29.3 Å². The number of carbonyl (C=O) groups is 1. The lowest BCUT2D eigenvalue weighted by Crippen LogP contribution is -2.58. The number of ketones is 1. The molecule has 8 nitrogen and oxygen atoms in total. The largest absolute Gasteiger partial charge is 0.496 e. The molecule has 31 heavy (non-hydrogen) atoms. The maximum atomic E-state index is 12.1. The molecule has 1 aromatic carbocycles. The van der Waals surface area contributed by atoms with E-state index in [4.69, 9.17) is 4.74 Å². The molecule has 0 saturated carbocycles. The fourth-order valence-corrected chi connectivity index (χ4v) is 5.41. The number of hydrogen-bond acceptors (Lipinski definition) is 7. The molecule has 0 spiro atoms. The molecule has 1 saturated heterocycles. The lowest BCUT2D eigenvalue weighted by molar-refractivity contribution is 0.0994. The van der Waals surface area contributed by atoms with Crippen molar-refractivity contribution in [2.24, 2.45) is 0 Å². The summed E-state index contributed by atoms with van der Waals surface area (Å²) in [6.45, 7) is 8.87. The van der Waals surface area contributed by atoms with E-state index in [0.29, 0.717) is 29.0 Å². The van der Waals surface area contributed by atoms with E-state index >= 15 is 0 Å². The molecule has 1 N–H and O–H groups in total. The minimum absolute atomic E-state index is 0.00667. The predicted molar refractivity (Wildman–Crippen MR) is 117 cm³/mol. The van der Waals surface area contributed by atoms with Crippen LogP contribution in [0.15, 0.2) is 18.2 Å². The average molecular weight is 421 g/mol. The van der Waals surface area contributed by atoms with Crippen LogP contribution in [-0.2, 0) is 6.42 Å². The van der Waals surface area contributed by atoms with E-state index in [9.17, 15) is 4.79 Å². The summed E-state index contributed by atoms with van der Waals surface area (Å²) in [6.07, 6.45) is 3.16. The Labute approximate surface area is 181 Å². The van der Waals surface area contributed by atoms with Crippen molar-refractivity contribution in [2.45, 2.75) is 70.5 Å². The second-order valence-electron chi connectivity index (χ2n) is 10.1. The molecule has 0 radical (unpaired) electrons. The first-order valence-corrected chi connectivity index (χ1v) is 10.8. The first kappa shape index (κ1) is 20.1. The first-order valence-electron chi connectivity index (χ1n) is 10.8. The zero-order valence-corrected chi connectivity index (χ0v) is 18.7. The lowest BCUT2D eigenvalue weighted by atomic mass is 9.80. The highest BCUT2D eigenvalue weighted by Gasteiger charge is 2.39. The lowest BCUT2D eigenvalue weighted by Gasteiger charge is -2.46. The van der Waals surface area contributed by atoms with Gasteiger partial charge in [0.05, 0.1) is 18.8 Å². The predicted octanol–water partition coefficient (Wildman–Crippen LogP) is 3.51. The molecular weight excluding hydrogens is 392 g/mol. The van der Waals surface area contributed by atoms with Gasteiger partial charge in [0.2, 0.25) is 5.65 Å². The molecule has 0 amide bonds. The van der Waals surface area contributed by atoms with E-state index in [1.54, 1.807) is 7.11 Å². The Hall–Kier alpha value is -2.87. The maximum absolute atomic E-state index is 12.1. The van der Waals surface area contributed by atoms with Crippen LogP contribution < -0.4 is 10.1 Å². The fraction of sp³-hybridized carbons (Fsp3) is 0.522. The smallest absolute Gasteiger partial charge is 0.201 e. The molecule has 8 heteroatoms. The van der Waals surface area contributed by atoms with Gasteiger partial charge in [0.25, 0.3) is 0 Å². The number of methoxy groups -OCH3 is 1. The molecule has 0 bridgehead atoms. The van der Waals surface area contributed by atoms with Crippen molar-refractivity contribution in [3.63, 3.8) is 0 Å². The first-order chi connectivity index (χ1) is 14.7. The third-order valence-electron chi connectivity index (χ3n) is 6.36. The number of aryl methyl sites for hydroxylation is 1. The second-order valence-corrected chi connectivity index (χ2v) is 10.1. The van der Waals surface area contributed by atoms with E-state index < -0.39 is 0 Å². The van der Waals surface area contributed by atoms with E-state index in [2.05, 4.69) is 53.5 Å². The standard InChI is InChI=1S/C23H28N6O2/c1-22(2)11-14(12-23(3,4)27-22)29-21-18(25-28-29)10-17(24-26-21)16-8-13-6-7-19(30)15(13)9-20(16)31-5/h8-10,14,27H,6-7,11-12H2,1-5H3. The van der Waals surface area contributed by atoms with Crippen molar-refractivity contribution in [1.82, 2.24) is 30.5 Å². The number of fused-ring (bicyclic) bond motifs is 2. The molecule has 162 valence electrons. The van der Waals surface area contributed by atoms with Gasteiger partial charge in [0.1, 0.15) is 11.3 Å². The number of ether oxygens (including phenoxy) is 1. The quantitative estimate of drug-likeness (QED) is 0.693. The summed E-state index contributed by atoms with van der Waals surface area (Å²) in [5.74, 6) is 0.786. The summed E-state index contributed by atoms with van der Waals surface area (Å²) in [7, 11) is 1.60. The molecule has 2 aliphatic rings. The van der Waals surface area contributed by atoms with Crippen molar-refractivity contribution < 1.29 is 9.53 Å². The van der Waals surface area contributed by atoms with Gasteiger partial charge >= 0.3 is 0 Å². The Bertz CT molecular complexity index is 1180. The molecule has 2 aromatic heterocycles. The third-order valence-corrected chi connectivity index (χ3v) is 6.36. The van der Waals surface area contributed by atoms with Crippen LogP contribution in [0, 0.1) is 0 Å². The van der Waals surface area contributed by atoms with Crippen LogP contribution in [0.1, 0.15) is 68.9 Å². The topological polar surface area (TPSA) is 94.8 Å². The molecule has 1 fully saturated rings. The molecule has 0 unspecified atom stereocenters. The van der Waals surface area contributed by atoms with Crippen LogP contribution in [0.2, 0.25) is 0 Å². The number of nitrogens with zero attached hydrogens (tertiary/aromatic N) is 5. The van der Waals surface area contributed by atoms with Gasteiger partial charge in [-0.25, -0.2) is 4.68 Å². The van der Waals surface area contributed by atoms with Crippen molar-refractivity contribution in [3.8, 4) is 17.0 Å². The molecule has 1 aliphatic heterocycles. The van der Waals surface area contributed by atoms with Gasteiger partial charge in [-0.1, -0.05) is 5.21 Å². The van der Waals surface area contributed by atoms with Crippen LogP contribution in [0.5, 0.6) is 5.75 Å². The highest BCUT2D eigenvalue weighted by atomic mass is 16.5. The number of nitrogens with one attached hydrogen (secondary N) is 1. The number of benzene rings is 1. The number of Topliss-reactive ketones (excluding diaryl/α,β-unsaturated/α-hetero) is 1. The molecule has 0 atom stereocenters. The Morgan fingerprint density at radius 3 is 2.45 bits per heavy atom. The van der Waals surface area contributed by atoms with Gasteiger partial charge in [-0.2, -0.15) is 0 Å². The van der Waals surface area contributed by atoms with Crippen molar-refractivity contribution in [1.29, 1.82) is 0 Å². The van der Waals surface area contributed by atoms with E-state index in [0.717, 1.165) is 36.0 Å².